The second-order valence-corrected chi connectivity index (χ2v) is 11.9. The summed E-state index contributed by atoms with van der Waals surface area (Å²) in [4.78, 5) is 43.2. The Bertz CT molecular complexity index is 1790. The molecule has 0 radical (unpaired) electrons. The van der Waals surface area contributed by atoms with Gasteiger partial charge in [0.2, 0.25) is 5.91 Å². The van der Waals surface area contributed by atoms with Gasteiger partial charge in [0.25, 0.3) is 11.8 Å². The summed E-state index contributed by atoms with van der Waals surface area (Å²) >= 11 is 7.81. The molecule has 0 aromatic heterocycles. The number of hydrogen-bond donors (Lipinski definition) is 2. The first-order chi connectivity index (χ1) is 22.4. The molecule has 0 heterocycles. The van der Waals surface area contributed by atoms with Gasteiger partial charge in [-0.2, -0.15) is 0 Å². The van der Waals surface area contributed by atoms with Crippen molar-refractivity contribution in [3.05, 3.63) is 161 Å². The largest absolute Gasteiger partial charge is 0.321 e. The summed E-state index contributed by atoms with van der Waals surface area (Å²) in [6.07, 6.45) is 2.14. The molecule has 0 aliphatic carbocycles. The lowest BCUT2D eigenvalue weighted by molar-refractivity contribution is -0.117. The van der Waals surface area contributed by atoms with Crippen molar-refractivity contribution in [3.63, 3.8) is 0 Å². The topological polar surface area (TPSA) is 78.5 Å². The first-order valence-electron chi connectivity index (χ1n) is 14.8. The molecule has 2 N–H and O–H groups in total. The van der Waals surface area contributed by atoms with Crippen LogP contribution in [0.5, 0.6) is 0 Å². The van der Waals surface area contributed by atoms with Gasteiger partial charge in [-0.1, -0.05) is 97.4 Å². The Hall–Kier alpha value is -5.11. The van der Waals surface area contributed by atoms with Crippen molar-refractivity contribution < 1.29 is 14.4 Å². The average molecular weight is 646 g/mol. The van der Waals surface area contributed by atoms with Gasteiger partial charge in [0.1, 0.15) is 5.70 Å². The minimum absolute atomic E-state index is 0.0305. The molecule has 0 bridgehead atoms. The van der Waals surface area contributed by atoms with E-state index >= 15 is 0 Å². The lowest BCUT2D eigenvalue weighted by atomic mass is 10.1. The third kappa shape index (κ3) is 8.33. The summed E-state index contributed by atoms with van der Waals surface area (Å²) in [5, 5.41) is 5.68. The maximum atomic E-state index is 14.0. The second kappa shape index (κ2) is 15.8. The van der Waals surface area contributed by atoms with Gasteiger partial charge in [0.05, 0.1) is 5.25 Å². The van der Waals surface area contributed by atoms with E-state index in [1.54, 1.807) is 65.6 Å². The number of thioether (sulfide) groups is 1. The van der Waals surface area contributed by atoms with E-state index in [1.165, 1.54) is 11.8 Å². The van der Waals surface area contributed by atoms with Crippen LogP contribution in [0.1, 0.15) is 29.3 Å². The number of rotatable bonds is 11. The van der Waals surface area contributed by atoms with E-state index in [2.05, 4.69) is 10.6 Å². The van der Waals surface area contributed by atoms with Crippen LogP contribution in [-0.4, -0.2) is 23.0 Å². The highest BCUT2D eigenvalue weighted by Crippen LogP contribution is 2.33. The number of nitrogens with zero attached hydrogens (tertiary/aromatic N) is 1. The van der Waals surface area contributed by atoms with Gasteiger partial charge in [-0.05, 0) is 78.7 Å². The van der Waals surface area contributed by atoms with Crippen LogP contribution >= 0.6 is 23.4 Å². The highest BCUT2D eigenvalue weighted by molar-refractivity contribution is 8.00. The van der Waals surface area contributed by atoms with Gasteiger partial charge < -0.3 is 10.6 Å². The van der Waals surface area contributed by atoms with Crippen molar-refractivity contribution in [2.45, 2.75) is 23.5 Å². The van der Waals surface area contributed by atoms with E-state index in [0.717, 1.165) is 16.3 Å². The predicted molar refractivity (Wildman–Crippen MR) is 188 cm³/mol. The Labute approximate surface area is 278 Å². The Morgan fingerprint density at radius 2 is 1.35 bits per heavy atom. The smallest absolute Gasteiger partial charge is 0.272 e. The zero-order valence-electron chi connectivity index (χ0n) is 25.1. The molecule has 0 aliphatic heterocycles. The summed E-state index contributed by atoms with van der Waals surface area (Å²) in [5.41, 5.74) is 3.11. The Morgan fingerprint density at radius 3 is 1.96 bits per heavy atom. The Kier molecular flexibility index (Phi) is 11.1. The Balaban J connectivity index is 1.37. The Morgan fingerprint density at radius 1 is 0.761 bits per heavy atom. The van der Waals surface area contributed by atoms with Crippen LogP contribution < -0.4 is 15.5 Å². The molecule has 6 nitrogen and oxygen atoms in total. The maximum absolute atomic E-state index is 14.0. The lowest BCUT2D eigenvalue weighted by Gasteiger charge is -2.27. The van der Waals surface area contributed by atoms with E-state index in [4.69, 9.17) is 11.6 Å². The van der Waals surface area contributed by atoms with E-state index < -0.39 is 17.1 Å². The number of halogens is 1. The molecule has 230 valence electrons. The SMILES string of the molecule is CCC(Sc1cccc(NC(=O)/C(=C/c2ccccc2Cl)NC(=O)c2ccccc2)c1)C(=O)N(c1ccccc1)c1ccccc1. The van der Waals surface area contributed by atoms with Crippen molar-refractivity contribution in [3.8, 4) is 0 Å². The van der Waals surface area contributed by atoms with Crippen LogP contribution in [-0.2, 0) is 9.59 Å². The van der Waals surface area contributed by atoms with Crippen molar-refractivity contribution in [1.29, 1.82) is 0 Å². The van der Waals surface area contributed by atoms with Crippen LogP contribution in [0.25, 0.3) is 6.08 Å². The number of nitrogens with one attached hydrogen (secondary N) is 2. The van der Waals surface area contributed by atoms with E-state index in [0.29, 0.717) is 28.3 Å². The standard InChI is InChI=1S/C38H32ClN3O3S/c1-2-35(38(45)42(30-19-8-4-9-20-30)31-21-10-5-11-22-31)46-32-23-14-18-29(26-32)40-37(44)34(25-28-17-12-13-24-33(28)39)41-36(43)27-15-6-3-7-16-27/h3-26,35H,2H2,1H3,(H,40,44)(H,41,43)/b34-25-. The van der Waals surface area contributed by atoms with Crippen molar-refractivity contribution in [2.75, 3.05) is 10.2 Å². The fourth-order valence-electron chi connectivity index (χ4n) is 4.71. The minimum atomic E-state index is -0.520. The van der Waals surface area contributed by atoms with Gasteiger partial charge in [0, 0.05) is 32.5 Å². The molecule has 46 heavy (non-hydrogen) atoms. The molecule has 0 saturated heterocycles. The van der Waals surface area contributed by atoms with E-state index in [1.807, 2.05) is 91.9 Å². The van der Waals surface area contributed by atoms with E-state index in [9.17, 15) is 14.4 Å². The number of anilines is 3. The van der Waals surface area contributed by atoms with Crippen LogP contribution in [0, 0.1) is 0 Å². The molecule has 8 heteroatoms. The normalized spacial score (nSPS) is 11.7. The average Bonchev–Trinajstić information content (AvgIpc) is 3.09. The zero-order chi connectivity index (χ0) is 32.3. The molecule has 0 aliphatic rings. The van der Waals surface area contributed by atoms with Gasteiger partial charge in [-0.25, -0.2) is 0 Å². The van der Waals surface area contributed by atoms with E-state index in [-0.39, 0.29) is 11.6 Å². The minimum Gasteiger partial charge on any atom is -0.321 e. The predicted octanol–water partition coefficient (Wildman–Crippen LogP) is 8.99. The zero-order valence-corrected chi connectivity index (χ0v) is 26.7. The van der Waals surface area contributed by atoms with Crippen LogP contribution in [0.3, 0.4) is 0 Å². The van der Waals surface area contributed by atoms with Crippen molar-refractivity contribution >= 4 is 64.2 Å². The lowest BCUT2D eigenvalue weighted by Crippen LogP contribution is -2.34. The number of para-hydroxylation sites is 2. The quantitative estimate of drug-likeness (QED) is 0.111. The number of benzene rings is 5. The number of carbonyl (C=O) groups is 3. The molecule has 0 saturated carbocycles. The molecule has 5 rings (SSSR count). The molecule has 0 fully saturated rings. The van der Waals surface area contributed by atoms with Crippen LogP contribution in [0.15, 0.2) is 150 Å². The van der Waals surface area contributed by atoms with Gasteiger partial charge in [-0.3, -0.25) is 19.3 Å². The molecular formula is C38H32ClN3O3S. The fourth-order valence-corrected chi connectivity index (χ4v) is 5.95. The van der Waals surface area contributed by atoms with Crippen LogP contribution in [0.4, 0.5) is 17.1 Å². The summed E-state index contributed by atoms with van der Waals surface area (Å²) in [7, 11) is 0. The first-order valence-corrected chi connectivity index (χ1v) is 16.0. The fraction of sp³-hybridized carbons (Fsp3) is 0.0789. The van der Waals surface area contributed by atoms with Crippen molar-refractivity contribution in [1.82, 2.24) is 5.32 Å². The third-order valence-electron chi connectivity index (χ3n) is 7.00. The molecule has 1 atom stereocenters. The summed E-state index contributed by atoms with van der Waals surface area (Å²) < 4.78 is 0. The third-order valence-corrected chi connectivity index (χ3v) is 8.69. The molecule has 1 unspecified atom stereocenters. The number of hydrogen-bond acceptors (Lipinski definition) is 4. The molecule has 5 aromatic rings. The summed E-state index contributed by atoms with van der Waals surface area (Å²) in [6, 6.07) is 42.2. The van der Waals surface area contributed by atoms with Gasteiger partial charge in [-0.15, -0.1) is 11.8 Å². The molecule has 5 aromatic carbocycles. The number of carbonyl (C=O) groups excluding carboxylic acids is 3. The molecule has 0 spiro atoms. The van der Waals surface area contributed by atoms with Crippen LogP contribution in [0.2, 0.25) is 5.02 Å². The maximum Gasteiger partial charge on any atom is 0.272 e. The molecule has 3 amide bonds. The highest BCUT2D eigenvalue weighted by atomic mass is 35.5. The molecular weight excluding hydrogens is 614 g/mol. The number of amides is 3. The summed E-state index contributed by atoms with van der Waals surface area (Å²) in [5.74, 6) is -0.995. The monoisotopic (exact) mass is 645 g/mol. The van der Waals surface area contributed by atoms with Gasteiger partial charge >= 0.3 is 0 Å². The highest BCUT2D eigenvalue weighted by Gasteiger charge is 2.27. The first kappa shape index (κ1) is 32.3. The van der Waals surface area contributed by atoms with Gasteiger partial charge in [0.15, 0.2) is 0 Å². The van der Waals surface area contributed by atoms with Crippen molar-refractivity contribution in [2.24, 2.45) is 0 Å². The second-order valence-electron chi connectivity index (χ2n) is 10.2. The summed E-state index contributed by atoms with van der Waals surface area (Å²) in [6.45, 7) is 1.98.